The molecule has 0 aliphatic rings. The standard InChI is InChI=1S/C14H32N2O2/c1-7-8-15-14(4,11-17)9-12(2)16(5)10-13(3)18-6/h12-13,15,17H,7-11H2,1-6H3. The zero-order chi connectivity index (χ0) is 14.2. The smallest absolute Gasteiger partial charge is 0.0670 e. The minimum Gasteiger partial charge on any atom is -0.394 e. The van der Waals surface area contributed by atoms with E-state index in [1.54, 1.807) is 7.11 Å². The number of nitrogens with zero attached hydrogens (tertiary/aromatic N) is 1. The third-order valence-corrected chi connectivity index (χ3v) is 3.60. The number of methoxy groups -OCH3 is 1. The van der Waals surface area contributed by atoms with Gasteiger partial charge in [0.05, 0.1) is 12.7 Å². The van der Waals surface area contributed by atoms with E-state index in [4.69, 9.17) is 4.74 Å². The van der Waals surface area contributed by atoms with Crippen molar-refractivity contribution in [1.29, 1.82) is 0 Å². The lowest BCUT2D eigenvalue weighted by Crippen LogP contribution is -2.51. The number of aliphatic hydroxyl groups excluding tert-OH is 1. The Labute approximate surface area is 113 Å². The highest BCUT2D eigenvalue weighted by Gasteiger charge is 2.26. The Morgan fingerprint density at radius 3 is 2.44 bits per heavy atom. The molecule has 0 saturated heterocycles. The molecule has 0 amide bonds. The topological polar surface area (TPSA) is 44.7 Å². The maximum Gasteiger partial charge on any atom is 0.0670 e. The van der Waals surface area contributed by atoms with Gasteiger partial charge in [-0.25, -0.2) is 0 Å². The van der Waals surface area contributed by atoms with Crippen LogP contribution in [-0.4, -0.2) is 61.5 Å². The van der Waals surface area contributed by atoms with Crippen LogP contribution in [0.1, 0.15) is 40.5 Å². The van der Waals surface area contributed by atoms with E-state index in [0.29, 0.717) is 6.04 Å². The quantitative estimate of drug-likeness (QED) is 0.624. The van der Waals surface area contributed by atoms with Crippen LogP contribution in [0.3, 0.4) is 0 Å². The summed E-state index contributed by atoms with van der Waals surface area (Å²) in [4.78, 5) is 2.29. The van der Waals surface area contributed by atoms with Gasteiger partial charge in [-0.2, -0.15) is 0 Å². The summed E-state index contributed by atoms with van der Waals surface area (Å²) < 4.78 is 5.29. The van der Waals surface area contributed by atoms with Crippen LogP contribution in [0.15, 0.2) is 0 Å². The van der Waals surface area contributed by atoms with E-state index >= 15 is 0 Å². The Morgan fingerprint density at radius 1 is 1.39 bits per heavy atom. The highest BCUT2D eigenvalue weighted by Crippen LogP contribution is 2.15. The third kappa shape index (κ3) is 6.69. The van der Waals surface area contributed by atoms with Crippen molar-refractivity contribution >= 4 is 0 Å². The van der Waals surface area contributed by atoms with E-state index in [-0.39, 0.29) is 18.2 Å². The van der Waals surface area contributed by atoms with E-state index < -0.39 is 0 Å². The lowest BCUT2D eigenvalue weighted by molar-refractivity contribution is 0.0612. The molecule has 0 spiro atoms. The van der Waals surface area contributed by atoms with E-state index in [0.717, 1.165) is 25.9 Å². The molecule has 0 aliphatic carbocycles. The first-order chi connectivity index (χ1) is 8.38. The summed E-state index contributed by atoms with van der Waals surface area (Å²) in [7, 11) is 3.85. The molecule has 3 unspecified atom stereocenters. The minimum atomic E-state index is -0.194. The lowest BCUT2D eigenvalue weighted by Gasteiger charge is -2.36. The first-order valence-electron chi connectivity index (χ1n) is 6.97. The molecule has 0 bridgehead atoms. The lowest BCUT2D eigenvalue weighted by atomic mass is 9.93. The molecule has 0 rings (SSSR count). The van der Waals surface area contributed by atoms with Crippen molar-refractivity contribution in [3.05, 3.63) is 0 Å². The molecule has 0 aromatic rings. The van der Waals surface area contributed by atoms with Crippen LogP contribution in [0, 0.1) is 0 Å². The van der Waals surface area contributed by atoms with Gasteiger partial charge in [0, 0.05) is 25.2 Å². The van der Waals surface area contributed by atoms with Crippen LogP contribution in [0.25, 0.3) is 0 Å². The summed E-state index contributed by atoms with van der Waals surface area (Å²) >= 11 is 0. The second kappa shape index (κ2) is 8.86. The van der Waals surface area contributed by atoms with E-state index in [1.807, 2.05) is 0 Å². The van der Waals surface area contributed by atoms with Crippen LogP contribution in [-0.2, 0) is 4.74 Å². The molecule has 2 N–H and O–H groups in total. The van der Waals surface area contributed by atoms with Crippen molar-refractivity contribution in [2.24, 2.45) is 0 Å². The maximum absolute atomic E-state index is 9.56. The van der Waals surface area contributed by atoms with Gasteiger partial charge in [-0.3, -0.25) is 0 Å². The minimum absolute atomic E-state index is 0.172. The number of nitrogens with one attached hydrogen (secondary N) is 1. The van der Waals surface area contributed by atoms with Gasteiger partial charge in [-0.05, 0) is 47.2 Å². The van der Waals surface area contributed by atoms with Crippen molar-refractivity contribution in [2.75, 3.05) is 33.9 Å². The molecule has 0 saturated carbocycles. The van der Waals surface area contributed by atoms with Crippen LogP contribution < -0.4 is 5.32 Å². The van der Waals surface area contributed by atoms with Crippen LogP contribution >= 0.6 is 0 Å². The molecule has 0 heterocycles. The molecular weight excluding hydrogens is 228 g/mol. The van der Waals surface area contributed by atoms with Crippen LogP contribution in [0.5, 0.6) is 0 Å². The Balaban J connectivity index is 4.27. The highest BCUT2D eigenvalue weighted by molar-refractivity contribution is 4.86. The zero-order valence-corrected chi connectivity index (χ0v) is 13.0. The third-order valence-electron chi connectivity index (χ3n) is 3.60. The SMILES string of the molecule is CCCNC(C)(CO)CC(C)N(C)CC(C)OC. The molecule has 18 heavy (non-hydrogen) atoms. The number of ether oxygens (including phenoxy) is 1. The summed E-state index contributed by atoms with van der Waals surface area (Å²) in [6.07, 6.45) is 2.25. The zero-order valence-electron chi connectivity index (χ0n) is 13.0. The monoisotopic (exact) mass is 260 g/mol. The molecule has 3 atom stereocenters. The Bertz CT molecular complexity index is 214. The van der Waals surface area contributed by atoms with Gasteiger partial charge in [-0.15, -0.1) is 0 Å². The Kier molecular flexibility index (Phi) is 8.78. The molecule has 0 fully saturated rings. The van der Waals surface area contributed by atoms with Gasteiger partial charge in [-0.1, -0.05) is 6.92 Å². The first-order valence-corrected chi connectivity index (χ1v) is 6.97. The molecule has 0 aliphatic heterocycles. The van der Waals surface area contributed by atoms with Gasteiger partial charge in [0.25, 0.3) is 0 Å². The fourth-order valence-corrected chi connectivity index (χ4v) is 2.09. The Hall–Kier alpha value is -0.160. The second-order valence-electron chi connectivity index (χ2n) is 5.68. The van der Waals surface area contributed by atoms with E-state index in [2.05, 4.69) is 45.0 Å². The second-order valence-corrected chi connectivity index (χ2v) is 5.68. The fraction of sp³-hybridized carbons (Fsp3) is 1.00. The number of aliphatic hydroxyl groups is 1. The molecule has 0 aromatic carbocycles. The van der Waals surface area contributed by atoms with Crippen LogP contribution in [0.4, 0.5) is 0 Å². The summed E-state index contributed by atoms with van der Waals surface area (Å²) in [5, 5.41) is 13.0. The molecule has 0 aromatic heterocycles. The average Bonchev–Trinajstić information content (AvgIpc) is 2.35. The molecule has 0 radical (unpaired) electrons. The number of likely N-dealkylation sites (N-methyl/N-ethyl adjacent to an activating group) is 1. The van der Waals surface area contributed by atoms with Crippen molar-refractivity contribution in [1.82, 2.24) is 10.2 Å². The molecule has 110 valence electrons. The number of hydrogen-bond donors (Lipinski definition) is 2. The fourth-order valence-electron chi connectivity index (χ4n) is 2.09. The van der Waals surface area contributed by atoms with Crippen molar-refractivity contribution in [3.63, 3.8) is 0 Å². The van der Waals surface area contributed by atoms with E-state index in [1.165, 1.54) is 0 Å². The van der Waals surface area contributed by atoms with Crippen molar-refractivity contribution in [3.8, 4) is 0 Å². The van der Waals surface area contributed by atoms with Gasteiger partial charge in [0.15, 0.2) is 0 Å². The van der Waals surface area contributed by atoms with Crippen molar-refractivity contribution < 1.29 is 9.84 Å². The first kappa shape index (κ1) is 17.8. The summed E-state index contributed by atoms with van der Waals surface area (Å²) in [6.45, 7) is 10.5. The summed E-state index contributed by atoms with van der Waals surface area (Å²) in [5.74, 6) is 0. The van der Waals surface area contributed by atoms with Gasteiger partial charge >= 0.3 is 0 Å². The molecule has 4 heteroatoms. The van der Waals surface area contributed by atoms with Crippen molar-refractivity contribution in [2.45, 2.75) is 58.2 Å². The summed E-state index contributed by atoms with van der Waals surface area (Å²) in [6, 6.07) is 0.407. The maximum atomic E-state index is 9.56. The van der Waals surface area contributed by atoms with Gasteiger partial charge in [0.2, 0.25) is 0 Å². The van der Waals surface area contributed by atoms with Crippen LogP contribution in [0.2, 0.25) is 0 Å². The highest BCUT2D eigenvalue weighted by atomic mass is 16.5. The summed E-state index contributed by atoms with van der Waals surface area (Å²) in [5.41, 5.74) is -0.194. The number of hydrogen-bond acceptors (Lipinski definition) is 4. The van der Waals surface area contributed by atoms with Gasteiger partial charge in [0.1, 0.15) is 0 Å². The molecular formula is C14H32N2O2. The van der Waals surface area contributed by atoms with E-state index in [9.17, 15) is 5.11 Å². The largest absolute Gasteiger partial charge is 0.394 e. The normalized spacial score (nSPS) is 18.7. The molecule has 4 nitrogen and oxygen atoms in total. The van der Waals surface area contributed by atoms with Gasteiger partial charge < -0.3 is 20.1 Å². The Morgan fingerprint density at radius 2 is 2.00 bits per heavy atom. The predicted octanol–water partition coefficient (Wildman–Crippen LogP) is 1.48. The number of rotatable bonds is 10. The average molecular weight is 260 g/mol. The predicted molar refractivity (Wildman–Crippen MR) is 77.0 cm³/mol.